The zero-order valence-corrected chi connectivity index (χ0v) is 7.28. The number of rotatable bonds is 2. The predicted molar refractivity (Wildman–Crippen MR) is 44.5 cm³/mol. The summed E-state index contributed by atoms with van der Waals surface area (Å²) in [6, 6.07) is 0. The minimum atomic E-state index is 0.773. The van der Waals surface area contributed by atoms with Crippen molar-refractivity contribution in [2.24, 2.45) is 11.7 Å². The first-order valence-corrected chi connectivity index (χ1v) is 3.89. The smallest absolute Gasteiger partial charge is 0.00748 e. The van der Waals surface area contributed by atoms with Crippen LogP contribution >= 0.6 is 0 Å². The Morgan fingerprint density at radius 2 is 1.56 bits per heavy atom. The molecule has 0 fully saturated rings. The molecule has 1 heteroatoms. The highest BCUT2D eigenvalue weighted by atomic mass is 14.5. The van der Waals surface area contributed by atoms with Crippen LogP contribution in [-0.2, 0) is 0 Å². The lowest BCUT2D eigenvalue weighted by Crippen LogP contribution is -2.01. The molecule has 0 radical (unpaired) electrons. The van der Waals surface area contributed by atoms with Gasteiger partial charge in [-0.3, -0.25) is 0 Å². The summed E-state index contributed by atoms with van der Waals surface area (Å²) in [7, 11) is 0. The molecule has 0 spiro atoms. The van der Waals surface area contributed by atoms with Crippen LogP contribution in [0.15, 0.2) is 0 Å². The maximum absolute atomic E-state index is 5.23. The summed E-state index contributed by atoms with van der Waals surface area (Å²) in [5.74, 6) is 0.773. The highest BCUT2D eigenvalue weighted by Gasteiger charge is 1.85. The van der Waals surface area contributed by atoms with Crippen LogP contribution in [0.3, 0.4) is 0 Å². The molecule has 0 aliphatic heterocycles. The Labute approximate surface area is 59.6 Å². The maximum Gasteiger partial charge on any atom is -0.00748 e. The van der Waals surface area contributed by atoms with Crippen molar-refractivity contribution >= 4 is 0 Å². The molecule has 0 atom stereocenters. The molecule has 0 bridgehead atoms. The van der Waals surface area contributed by atoms with Gasteiger partial charge in [-0.25, -0.2) is 0 Å². The minimum Gasteiger partial charge on any atom is -0.330 e. The molecule has 0 rings (SSSR count). The SMILES string of the molecule is CC(C)CCN.CCC. The summed E-state index contributed by atoms with van der Waals surface area (Å²) in [5, 5.41) is 0. The summed E-state index contributed by atoms with van der Waals surface area (Å²) < 4.78 is 0. The molecule has 0 unspecified atom stereocenters. The van der Waals surface area contributed by atoms with E-state index in [4.69, 9.17) is 5.73 Å². The topological polar surface area (TPSA) is 26.0 Å². The molecule has 0 saturated heterocycles. The second kappa shape index (κ2) is 10.9. The zero-order chi connectivity index (χ0) is 7.70. The van der Waals surface area contributed by atoms with Gasteiger partial charge >= 0.3 is 0 Å². The van der Waals surface area contributed by atoms with Gasteiger partial charge in [0, 0.05) is 0 Å². The number of nitrogens with two attached hydrogens (primary N) is 1. The van der Waals surface area contributed by atoms with Crippen molar-refractivity contribution in [1.82, 2.24) is 0 Å². The Hall–Kier alpha value is -0.0400. The Balaban J connectivity index is 0. The van der Waals surface area contributed by atoms with Crippen LogP contribution in [0.5, 0.6) is 0 Å². The normalized spacial score (nSPS) is 8.67. The molecule has 0 aromatic heterocycles. The molecule has 0 amide bonds. The van der Waals surface area contributed by atoms with Gasteiger partial charge in [-0.05, 0) is 18.9 Å². The average Bonchev–Trinajstić information content (AvgIpc) is 1.67. The number of hydrogen-bond donors (Lipinski definition) is 1. The van der Waals surface area contributed by atoms with Crippen molar-refractivity contribution in [3.05, 3.63) is 0 Å². The van der Waals surface area contributed by atoms with Gasteiger partial charge in [-0.1, -0.05) is 34.1 Å². The van der Waals surface area contributed by atoms with Gasteiger partial charge < -0.3 is 5.73 Å². The van der Waals surface area contributed by atoms with Crippen molar-refractivity contribution in [2.45, 2.75) is 40.5 Å². The van der Waals surface area contributed by atoms with Crippen molar-refractivity contribution in [2.75, 3.05) is 6.54 Å². The third-order valence-electron chi connectivity index (χ3n) is 0.744. The predicted octanol–water partition coefficient (Wildman–Crippen LogP) is 2.41. The van der Waals surface area contributed by atoms with Gasteiger partial charge in [0.15, 0.2) is 0 Å². The Morgan fingerprint density at radius 3 is 1.56 bits per heavy atom. The van der Waals surface area contributed by atoms with Crippen molar-refractivity contribution in [3.8, 4) is 0 Å². The Kier molecular flexibility index (Phi) is 14.1. The molecular formula is C8H21N. The van der Waals surface area contributed by atoms with Crippen LogP contribution in [0.25, 0.3) is 0 Å². The van der Waals surface area contributed by atoms with E-state index in [1.165, 1.54) is 6.42 Å². The summed E-state index contributed by atoms with van der Waals surface area (Å²) in [6.45, 7) is 9.43. The lowest BCUT2D eigenvalue weighted by atomic mass is 10.1. The molecule has 2 N–H and O–H groups in total. The van der Waals surface area contributed by atoms with Crippen molar-refractivity contribution < 1.29 is 0 Å². The molecule has 0 aliphatic carbocycles. The first-order valence-electron chi connectivity index (χ1n) is 3.89. The van der Waals surface area contributed by atoms with Gasteiger partial charge in [-0.2, -0.15) is 0 Å². The standard InChI is InChI=1S/C5H13N.C3H8/c1-5(2)3-4-6;1-3-2/h5H,3-4,6H2,1-2H3;3H2,1-2H3. The molecule has 1 nitrogen and oxygen atoms in total. The summed E-state index contributed by atoms with van der Waals surface area (Å²) >= 11 is 0. The van der Waals surface area contributed by atoms with Gasteiger partial charge in [0.1, 0.15) is 0 Å². The van der Waals surface area contributed by atoms with Crippen LogP contribution in [-0.4, -0.2) is 6.54 Å². The van der Waals surface area contributed by atoms with E-state index < -0.39 is 0 Å². The third-order valence-corrected chi connectivity index (χ3v) is 0.744. The van der Waals surface area contributed by atoms with Crippen LogP contribution in [0.2, 0.25) is 0 Å². The fourth-order valence-corrected chi connectivity index (χ4v) is 0.333. The first-order chi connectivity index (χ1) is 4.18. The van der Waals surface area contributed by atoms with Crippen LogP contribution in [0.4, 0.5) is 0 Å². The fraction of sp³-hybridized carbons (Fsp3) is 1.00. The van der Waals surface area contributed by atoms with E-state index >= 15 is 0 Å². The van der Waals surface area contributed by atoms with E-state index in [1.807, 2.05) is 0 Å². The molecule has 0 saturated carbocycles. The molecule has 0 aromatic rings. The molecule has 0 aliphatic rings. The fourth-order valence-electron chi connectivity index (χ4n) is 0.333. The highest BCUT2D eigenvalue weighted by Crippen LogP contribution is 1.93. The zero-order valence-electron chi connectivity index (χ0n) is 7.28. The van der Waals surface area contributed by atoms with E-state index in [9.17, 15) is 0 Å². The third kappa shape index (κ3) is 32.3. The summed E-state index contributed by atoms with van der Waals surface area (Å²) in [4.78, 5) is 0. The quantitative estimate of drug-likeness (QED) is 0.612. The van der Waals surface area contributed by atoms with E-state index in [-0.39, 0.29) is 0 Å². The molecule has 0 aromatic carbocycles. The Bertz CT molecular complexity index is 33.5. The Morgan fingerprint density at radius 1 is 1.22 bits per heavy atom. The van der Waals surface area contributed by atoms with Crippen molar-refractivity contribution in [3.63, 3.8) is 0 Å². The van der Waals surface area contributed by atoms with Gasteiger partial charge in [0.25, 0.3) is 0 Å². The van der Waals surface area contributed by atoms with Crippen LogP contribution in [0.1, 0.15) is 40.5 Å². The van der Waals surface area contributed by atoms with Crippen LogP contribution in [0, 0.1) is 5.92 Å². The lowest BCUT2D eigenvalue weighted by molar-refractivity contribution is 0.596. The average molecular weight is 131 g/mol. The second-order valence-corrected chi connectivity index (χ2v) is 2.68. The molecule has 0 heterocycles. The molecule has 58 valence electrons. The molecular weight excluding hydrogens is 110 g/mol. The highest BCUT2D eigenvalue weighted by molar-refractivity contribution is 4.42. The number of hydrogen-bond acceptors (Lipinski definition) is 1. The van der Waals surface area contributed by atoms with Crippen molar-refractivity contribution in [1.29, 1.82) is 0 Å². The minimum absolute atomic E-state index is 0.773. The first kappa shape index (κ1) is 11.7. The van der Waals surface area contributed by atoms with E-state index in [2.05, 4.69) is 27.7 Å². The van der Waals surface area contributed by atoms with E-state index in [0.717, 1.165) is 18.9 Å². The monoisotopic (exact) mass is 131 g/mol. The van der Waals surface area contributed by atoms with Gasteiger partial charge in [0.05, 0.1) is 0 Å². The van der Waals surface area contributed by atoms with Gasteiger partial charge in [-0.15, -0.1) is 0 Å². The summed E-state index contributed by atoms with van der Waals surface area (Å²) in [6.07, 6.45) is 2.40. The maximum atomic E-state index is 5.23. The second-order valence-electron chi connectivity index (χ2n) is 2.68. The van der Waals surface area contributed by atoms with Crippen LogP contribution < -0.4 is 5.73 Å². The summed E-state index contributed by atoms with van der Waals surface area (Å²) in [5.41, 5.74) is 5.23. The van der Waals surface area contributed by atoms with E-state index in [0.29, 0.717) is 0 Å². The lowest BCUT2D eigenvalue weighted by Gasteiger charge is -1.96. The van der Waals surface area contributed by atoms with Gasteiger partial charge in [0.2, 0.25) is 0 Å². The largest absolute Gasteiger partial charge is 0.330 e. The molecule has 9 heavy (non-hydrogen) atoms. The van der Waals surface area contributed by atoms with E-state index in [1.54, 1.807) is 0 Å².